The fourth-order valence-electron chi connectivity index (χ4n) is 4.70. The van der Waals surface area contributed by atoms with Gasteiger partial charge in [-0.25, -0.2) is 0 Å². The maximum absolute atomic E-state index is 12.2. The first-order valence-corrected chi connectivity index (χ1v) is 10.1. The Bertz CT molecular complexity index is 793. The van der Waals surface area contributed by atoms with Crippen LogP contribution in [0.25, 0.3) is 0 Å². The maximum atomic E-state index is 12.2. The van der Waals surface area contributed by atoms with Crippen LogP contribution in [0.3, 0.4) is 0 Å². The van der Waals surface area contributed by atoms with Crippen molar-refractivity contribution in [1.82, 2.24) is 10.2 Å². The SMILES string of the molecule is O=C1CCC[C@]2(CN(Cc3ccc(OCCO)cc3)C[C@H]2c2ccccc2)N1. The van der Waals surface area contributed by atoms with Crippen molar-refractivity contribution < 1.29 is 14.6 Å². The molecule has 2 aliphatic rings. The highest BCUT2D eigenvalue weighted by Crippen LogP contribution is 2.41. The van der Waals surface area contributed by atoms with Crippen molar-refractivity contribution in [2.24, 2.45) is 0 Å². The molecule has 0 aromatic heterocycles. The number of benzene rings is 2. The molecule has 2 aliphatic heterocycles. The largest absolute Gasteiger partial charge is 0.491 e. The van der Waals surface area contributed by atoms with Crippen LogP contribution in [-0.4, -0.2) is 47.8 Å². The second kappa shape index (κ2) is 8.33. The quantitative estimate of drug-likeness (QED) is 0.809. The summed E-state index contributed by atoms with van der Waals surface area (Å²) in [7, 11) is 0. The van der Waals surface area contributed by atoms with Crippen LogP contribution < -0.4 is 10.1 Å². The number of ether oxygens (including phenoxy) is 1. The molecule has 2 heterocycles. The van der Waals surface area contributed by atoms with Crippen molar-refractivity contribution in [3.05, 3.63) is 65.7 Å². The summed E-state index contributed by atoms with van der Waals surface area (Å²) in [5, 5.41) is 12.2. The van der Waals surface area contributed by atoms with Gasteiger partial charge in [-0.2, -0.15) is 0 Å². The molecule has 0 saturated carbocycles. The minimum absolute atomic E-state index is 0.0181. The van der Waals surface area contributed by atoms with Gasteiger partial charge in [0.15, 0.2) is 0 Å². The molecule has 0 unspecified atom stereocenters. The summed E-state index contributed by atoms with van der Waals surface area (Å²) in [5.41, 5.74) is 2.36. The highest BCUT2D eigenvalue weighted by Gasteiger charge is 2.49. The predicted octanol–water partition coefficient (Wildman–Crippen LogP) is 2.70. The maximum Gasteiger partial charge on any atom is 0.220 e. The van der Waals surface area contributed by atoms with Crippen LogP contribution in [0.1, 0.15) is 36.3 Å². The second-order valence-electron chi connectivity index (χ2n) is 7.91. The van der Waals surface area contributed by atoms with Crippen molar-refractivity contribution in [3.8, 4) is 5.75 Å². The van der Waals surface area contributed by atoms with Crippen LogP contribution in [0.2, 0.25) is 0 Å². The molecule has 2 atom stereocenters. The Balaban J connectivity index is 1.50. The summed E-state index contributed by atoms with van der Waals surface area (Å²) in [6.07, 6.45) is 2.63. The third-order valence-electron chi connectivity index (χ3n) is 5.92. The Morgan fingerprint density at radius 3 is 2.64 bits per heavy atom. The lowest BCUT2D eigenvalue weighted by Gasteiger charge is -2.39. The topological polar surface area (TPSA) is 61.8 Å². The number of hydrogen-bond acceptors (Lipinski definition) is 4. The molecule has 4 rings (SSSR count). The van der Waals surface area contributed by atoms with Crippen LogP contribution >= 0.6 is 0 Å². The number of aliphatic hydroxyl groups is 1. The van der Waals surface area contributed by atoms with E-state index in [2.05, 4.69) is 46.6 Å². The van der Waals surface area contributed by atoms with Gasteiger partial charge < -0.3 is 15.2 Å². The standard InChI is InChI=1S/C23H28N2O3/c26-13-14-28-20-10-8-18(9-11-20)15-25-16-21(19-5-2-1-3-6-19)23(17-25)12-4-7-22(27)24-23/h1-3,5-6,8-11,21,26H,4,7,12-17H2,(H,24,27)/t21-,23+/m0/s1. The Morgan fingerprint density at radius 1 is 1.14 bits per heavy atom. The fourth-order valence-corrected chi connectivity index (χ4v) is 4.70. The van der Waals surface area contributed by atoms with Gasteiger partial charge in [-0.15, -0.1) is 0 Å². The van der Waals surface area contributed by atoms with Crippen LogP contribution in [0.15, 0.2) is 54.6 Å². The molecule has 148 valence electrons. The molecule has 5 heteroatoms. The van der Waals surface area contributed by atoms with E-state index >= 15 is 0 Å². The lowest BCUT2D eigenvalue weighted by Crippen LogP contribution is -2.56. The van der Waals surface area contributed by atoms with Crippen molar-refractivity contribution in [2.75, 3.05) is 26.3 Å². The number of aliphatic hydroxyl groups excluding tert-OH is 1. The molecule has 1 spiro atoms. The van der Waals surface area contributed by atoms with Crippen molar-refractivity contribution >= 4 is 5.91 Å². The smallest absolute Gasteiger partial charge is 0.220 e. The molecular formula is C23H28N2O3. The van der Waals surface area contributed by atoms with Crippen molar-refractivity contribution in [3.63, 3.8) is 0 Å². The molecule has 2 fully saturated rings. The number of likely N-dealkylation sites (tertiary alicyclic amines) is 1. The van der Waals surface area contributed by atoms with E-state index in [0.29, 0.717) is 18.9 Å². The highest BCUT2D eigenvalue weighted by molar-refractivity contribution is 5.78. The molecule has 0 aliphatic carbocycles. The molecule has 2 aromatic rings. The Labute approximate surface area is 166 Å². The van der Waals surface area contributed by atoms with E-state index in [0.717, 1.165) is 38.2 Å². The van der Waals surface area contributed by atoms with Gasteiger partial charge in [-0.1, -0.05) is 42.5 Å². The summed E-state index contributed by atoms with van der Waals surface area (Å²) in [5.74, 6) is 1.27. The summed E-state index contributed by atoms with van der Waals surface area (Å²) in [6, 6.07) is 18.6. The van der Waals surface area contributed by atoms with E-state index in [4.69, 9.17) is 9.84 Å². The second-order valence-corrected chi connectivity index (χ2v) is 7.91. The van der Waals surface area contributed by atoms with Gasteiger partial charge >= 0.3 is 0 Å². The number of amides is 1. The average molecular weight is 380 g/mol. The van der Waals surface area contributed by atoms with Gasteiger partial charge in [-0.3, -0.25) is 9.69 Å². The first kappa shape index (κ1) is 19.0. The molecule has 2 N–H and O–H groups in total. The van der Waals surface area contributed by atoms with E-state index in [9.17, 15) is 4.79 Å². The first-order chi connectivity index (χ1) is 13.7. The Kier molecular flexibility index (Phi) is 5.64. The van der Waals surface area contributed by atoms with Crippen LogP contribution in [-0.2, 0) is 11.3 Å². The third-order valence-corrected chi connectivity index (χ3v) is 5.92. The van der Waals surface area contributed by atoms with Gasteiger partial charge in [0.2, 0.25) is 5.91 Å². The van der Waals surface area contributed by atoms with E-state index in [1.807, 2.05) is 18.2 Å². The summed E-state index contributed by atoms with van der Waals surface area (Å²) in [4.78, 5) is 14.7. The molecular weight excluding hydrogens is 352 g/mol. The number of nitrogens with zero attached hydrogens (tertiary/aromatic N) is 1. The van der Waals surface area contributed by atoms with E-state index in [1.54, 1.807) is 0 Å². The predicted molar refractivity (Wildman–Crippen MR) is 108 cm³/mol. The Morgan fingerprint density at radius 2 is 1.93 bits per heavy atom. The van der Waals surface area contributed by atoms with E-state index < -0.39 is 0 Å². The highest BCUT2D eigenvalue weighted by atomic mass is 16.5. The first-order valence-electron chi connectivity index (χ1n) is 10.1. The zero-order chi connectivity index (χ0) is 19.4. The lowest BCUT2D eigenvalue weighted by atomic mass is 9.76. The molecule has 2 saturated heterocycles. The number of hydrogen-bond donors (Lipinski definition) is 2. The van der Waals surface area contributed by atoms with Crippen LogP contribution in [0.5, 0.6) is 5.75 Å². The normalized spacial score (nSPS) is 25.0. The number of carbonyl (C=O) groups excluding carboxylic acids is 1. The third kappa shape index (κ3) is 4.05. The van der Waals surface area contributed by atoms with Gasteiger partial charge in [0.05, 0.1) is 12.1 Å². The lowest BCUT2D eigenvalue weighted by molar-refractivity contribution is -0.125. The summed E-state index contributed by atoms with van der Waals surface area (Å²) in [6.45, 7) is 2.99. The Hall–Kier alpha value is -2.37. The zero-order valence-corrected chi connectivity index (χ0v) is 16.1. The van der Waals surface area contributed by atoms with Crippen molar-refractivity contribution in [2.45, 2.75) is 37.3 Å². The minimum atomic E-state index is -0.166. The van der Waals surface area contributed by atoms with E-state index in [-0.39, 0.29) is 18.1 Å². The molecule has 0 radical (unpaired) electrons. The minimum Gasteiger partial charge on any atom is -0.491 e. The van der Waals surface area contributed by atoms with Gasteiger partial charge in [0, 0.05) is 32.0 Å². The number of piperidine rings is 1. The van der Waals surface area contributed by atoms with Crippen LogP contribution in [0.4, 0.5) is 0 Å². The fraction of sp³-hybridized carbons (Fsp3) is 0.435. The van der Waals surface area contributed by atoms with Crippen molar-refractivity contribution in [1.29, 1.82) is 0 Å². The monoisotopic (exact) mass is 380 g/mol. The average Bonchev–Trinajstić information content (AvgIpc) is 3.04. The number of nitrogens with one attached hydrogen (secondary N) is 1. The summed E-state index contributed by atoms with van der Waals surface area (Å²) >= 11 is 0. The van der Waals surface area contributed by atoms with E-state index in [1.165, 1.54) is 11.1 Å². The molecule has 0 bridgehead atoms. The summed E-state index contributed by atoms with van der Waals surface area (Å²) < 4.78 is 5.45. The molecule has 2 aromatic carbocycles. The molecule has 5 nitrogen and oxygen atoms in total. The molecule has 28 heavy (non-hydrogen) atoms. The number of carbonyl (C=O) groups is 1. The van der Waals surface area contributed by atoms with Gasteiger partial charge in [0.25, 0.3) is 0 Å². The van der Waals surface area contributed by atoms with Gasteiger partial charge in [-0.05, 0) is 36.1 Å². The molecule has 1 amide bonds. The zero-order valence-electron chi connectivity index (χ0n) is 16.1. The van der Waals surface area contributed by atoms with Gasteiger partial charge in [0.1, 0.15) is 12.4 Å². The number of rotatable bonds is 6. The van der Waals surface area contributed by atoms with Crippen LogP contribution in [0, 0.1) is 0 Å².